The van der Waals surface area contributed by atoms with Gasteiger partial charge in [-0.15, -0.1) is 0 Å². The molecule has 2 aromatic rings. The Labute approximate surface area is 86.3 Å². The zero-order valence-corrected chi connectivity index (χ0v) is 8.45. The van der Waals surface area contributed by atoms with Gasteiger partial charge in [-0.05, 0) is 13.0 Å². The molecule has 0 saturated heterocycles. The van der Waals surface area contributed by atoms with E-state index in [9.17, 15) is 4.79 Å². The molecule has 14 heavy (non-hydrogen) atoms. The van der Waals surface area contributed by atoms with Crippen molar-refractivity contribution in [1.82, 2.24) is 9.55 Å². The second kappa shape index (κ2) is 3.42. The summed E-state index contributed by atoms with van der Waals surface area (Å²) in [5.41, 5.74) is 1.49. The van der Waals surface area contributed by atoms with Crippen molar-refractivity contribution in [3.63, 3.8) is 0 Å². The van der Waals surface area contributed by atoms with Crippen molar-refractivity contribution in [2.24, 2.45) is 0 Å². The molecule has 0 bridgehead atoms. The fourth-order valence-corrected chi connectivity index (χ4v) is 1.85. The Bertz CT molecular complexity index is 490. The molecule has 0 unspecified atom stereocenters. The molecule has 0 atom stereocenters. The second-order valence-electron chi connectivity index (χ2n) is 2.99. The lowest BCUT2D eigenvalue weighted by atomic mass is 10.2. The molecule has 0 aliphatic heterocycles. The van der Waals surface area contributed by atoms with Crippen LogP contribution < -0.4 is 0 Å². The zero-order chi connectivity index (χ0) is 10.1. The van der Waals surface area contributed by atoms with Gasteiger partial charge in [0, 0.05) is 29.9 Å². The SMILES string of the molecule is CCn1cc(C=O)c2ccnc(Cl)c21. The number of rotatable bonds is 2. The fraction of sp³-hybridized carbons (Fsp3) is 0.200. The largest absolute Gasteiger partial charge is 0.345 e. The van der Waals surface area contributed by atoms with Crippen molar-refractivity contribution in [1.29, 1.82) is 0 Å². The fourth-order valence-electron chi connectivity index (χ4n) is 1.58. The van der Waals surface area contributed by atoms with Crippen LogP contribution in [-0.4, -0.2) is 15.8 Å². The van der Waals surface area contributed by atoms with Crippen LogP contribution in [0.4, 0.5) is 0 Å². The summed E-state index contributed by atoms with van der Waals surface area (Å²) in [5, 5.41) is 1.30. The Morgan fingerprint density at radius 3 is 3.07 bits per heavy atom. The summed E-state index contributed by atoms with van der Waals surface area (Å²) in [7, 11) is 0. The van der Waals surface area contributed by atoms with E-state index in [-0.39, 0.29) is 0 Å². The number of aryl methyl sites for hydroxylation is 1. The van der Waals surface area contributed by atoms with Gasteiger partial charge < -0.3 is 4.57 Å². The van der Waals surface area contributed by atoms with Crippen LogP contribution in [0.2, 0.25) is 5.15 Å². The molecule has 2 rings (SSSR count). The van der Waals surface area contributed by atoms with Crippen LogP contribution in [0, 0.1) is 0 Å². The van der Waals surface area contributed by atoms with E-state index in [0.29, 0.717) is 10.7 Å². The average Bonchev–Trinajstić information content (AvgIpc) is 2.57. The maximum absolute atomic E-state index is 10.8. The Morgan fingerprint density at radius 1 is 1.64 bits per heavy atom. The van der Waals surface area contributed by atoms with Crippen LogP contribution in [-0.2, 0) is 6.54 Å². The molecule has 0 fully saturated rings. The third kappa shape index (κ3) is 1.21. The van der Waals surface area contributed by atoms with E-state index in [2.05, 4.69) is 4.98 Å². The van der Waals surface area contributed by atoms with Crippen molar-refractivity contribution in [3.05, 3.63) is 29.2 Å². The topological polar surface area (TPSA) is 34.9 Å². The molecule has 2 heterocycles. The van der Waals surface area contributed by atoms with E-state index < -0.39 is 0 Å². The molecule has 0 amide bonds. The molecule has 0 aromatic carbocycles. The second-order valence-corrected chi connectivity index (χ2v) is 3.34. The summed E-state index contributed by atoms with van der Waals surface area (Å²) < 4.78 is 1.92. The Kier molecular flexibility index (Phi) is 2.25. The first kappa shape index (κ1) is 9.21. The first-order valence-corrected chi connectivity index (χ1v) is 4.74. The average molecular weight is 209 g/mol. The van der Waals surface area contributed by atoms with E-state index in [1.807, 2.05) is 11.5 Å². The highest BCUT2D eigenvalue weighted by atomic mass is 35.5. The number of carbonyl (C=O) groups is 1. The van der Waals surface area contributed by atoms with Crippen LogP contribution >= 0.6 is 11.6 Å². The highest BCUT2D eigenvalue weighted by molar-refractivity contribution is 6.34. The summed E-state index contributed by atoms with van der Waals surface area (Å²) in [6.45, 7) is 2.77. The molecule has 0 aliphatic rings. The van der Waals surface area contributed by atoms with Gasteiger partial charge in [0.2, 0.25) is 0 Å². The summed E-state index contributed by atoms with van der Waals surface area (Å²) >= 11 is 5.96. The number of hydrogen-bond acceptors (Lipinski definition) is 2. The highest BCUT2D eigenvalue weighted by Gasteiger charge is 2.09. The molecule has 0 N–H and O–H groups in total. The van der Waals surface area contributed by atoms with Crippen molar-refractivity contribution in [2.45, 2.75) is 13.5 Å². The van der Waals surface area contributed by atoms with Gasteiger partial charge in [0.1, 0.15) is 0 Å². The minimum atomic E-state index is 0.442. The molecule has 0 spiro atoms. The molecule has 0 radical (unpaired) electrons. The maximum atomic E-state index is 10.8. The molecular weight excluding hydrogens is 200 g/mol. The van der Waals surface area contributed by atoms with Crippen LogP contribution in [0.15, 0.2) is 18.5 Å². The highest BCUT2D eigenvalue weighted by Crippen LogP contribution is 2.25. The van der Waals surface area contributed by atoms with Gasteiger partial charge in [0.25, 0.3) is 0 Å². The van der Waals surface area contributed by atoms with Gasteiger partial charge in [0.15, 0.2) is 11.4 Å². The summed E-state index contributed by atoms with van der Waals surface area (Å²) in [6, 6.07) is 1.80. The first-order chi connectivity index (χ1) is 6.77. The van der Waals surface area contributed by atoms with Crippen molar-refractivity contribution < 1.29 is 4.79 Å². The molecular formula is C10H9ClN2O. The number of nitrogens with zero attached hydrogens (tertiary/aromatic N) is 2. The van der Waals surface area contributed by atoms with Gasteiger partial charge in [-0.2, -0.15) is 0 Å². The standard InChI is InChI=1S/C10H9ClN2O/c1-2-13-5-7(6-14)8-3-4-12-10(11)9(8)13/h3-6H,2H2,1H3. The Hall–Kier alpha value is -1.35. The van der Waals surface area contributed by atoms with Gasteiger partial charge in [-0.25, -0.2) is 4.98 Å². The number of fused-ring (bicyclic) bond motifs is 1. The molecule has 3 nitrogen and oxygen atoms in total. The third-order valence-electron chi connectivity index (χ3n) is 2.24. The normalized spacial score (nSPS) is 10.7. The van der Waals surface area contributed by atoms with Crippen molar-refractivity contribution in [2.75, 3.05) is 0 Å². The smallest absolute Gasteiger partial charge is 0.153 e. The lowest BCUT2D eigenvalue weighted by molar-refractivity contribution is 0.112. The zero-order valence-electron chi connectivity index (χ0n) is 7.70. The van der Waals surface area contributed by atoms with E-state index in [1.54, 1.807) is 18.5 Å². The monoisotopic (exact) mass is 208 g/mol. The Morgan fingerprint density at radius 2 is 2.43 bits per heavy atom. The molecule has 0 aliphatic carbocycles. The van der Waals surface area contributed by atoms with Gasteiger partial charge >= 0.3 is 0 Å². The lowest BCUT2D eigenvalue weighted by Crippen LogP contribution is -1.92. The number of carbonyl (C=O) groups excluding carboxylic acids is 1. The summed E-state index contributed by atoms with van der Waals surface area (Å²) in [5.74, 6) is 0. The number of hydrogen-bond donors (Lipinski definition) is 0. The first-order valence-electron chi connectivity index (χ1n) is 4.36. The van der Waals surface area contributed by atoms with Gasteiger partial charge in [0.05, 0.1) is 5.52 Å². The molecule has 4 heteroatoms. The van der Waals surface area contributed by atoms with Crippen molar-refractivity contribution in [3.8, 4) is 0 Å². The maximum Gasteiger partial charge on any atom is 0.153 e. The predicted molar refractivity (Wildman–Crippen MR) is 55.8 cm³/mol. The quantitative estimate of drug-likeness (QED) is 0.562. The number of pyridine rings is 1. The Balaban J connectivity index is 2.88. The van der Waals surface area contributed by atoms with Crippen LogP contribution in [0.5, 0.6) is 0 Å². The van der Waals surface area contributed by atoms with Crippen LogP contribution in [0.3, 0.4) is 0 Å². The van der Waals surface area contributed by atoms with E-state index in [0.717, 1.165) is 23.7 Å². The minimum absolute atomic E-state index is 0.442. The van der Waals surface area contributed by atoms with Crippen LogP contribution in [0.25, 0.3) is 10.9 Å². The molecule has 72 valence electrons. The van der Waals surface area contributed by atoms with Crippen LogP contribution in [0.1, 0.15) is 17.3 Å². The predicted octanol–water partition coefficient (Wildman–Crippen LogP) is 2.52. The van der Waals surface area contributed by atoms with Gasteiger partial charge in [-0.1, -0.05) is 11.6 Å². The number of aldehydes is 1. The third-order valence-corrected chi connectivity index (χ3v) is 2.52. The molecule has 2 aromatic heterocycles. The van der Waals surface area contributed by atoms with Crippen molar-refractivity contribution >= 4 is 28.8 Å². The molecule has 0 saturated carbocycles. The lowest BCUT2D eigenvalue weighted by Gasteiger charge is -2.00. The van der Waals surface area contributed by atoms with E-state index >= 15 is 0 Å². The van der Waals surface area contributed by atoms with E-state index in [4.69, 9.17) is 11.6 Å². The minimum Gasteiger partial charge on any atom is -0.345 e. The summed E-state index contributed by atoms with van der Waals surface area (Å²) in [4.78, 5) is 14.8. The number of halogens is 1. The van der Waals surface area contributed by atoms with E-state index in [1.165, 1.54) is 0 Å². The summed E-state index contributed by atoms with van der Waals surface area (Å²) in [6.07, 6.45) is 4.24. The van der Waals surface area contributed by atoms with Gasteiger partial charge in [-0.3, -0.25) is 4.79 Å². The number of aromatic nitrogens is 2.